The molecular formula is C22H19N3O2. The second-order valence-electron chi connectivity index (χ2n) is 6.24. The standard InChI is InChI=1S/C22H19N3O2/c1-27-20-7-3-5-18(24-20)11-15-25-14-10-17-4-2-6-19(21(17)22(25)26)16-8-12-23-13-9-16/h2-10,12-14H,11,15H2,1H3. The Balaban J connectivity index is 1.72. The minimum atomic E-state index is 0.00260. The molecule has 0 atom stereocenters. The highest BCUT2D eigenvalue weighted by Gasteiger charge is 2.10. The van der Waals surface area contributed by atoms with Crippen LogP contribution in [0.3, 0.4) is 0 Å². The number of pyridine rings is 3. The quantitative estimate of drug-likeness (QED) is 0.546. The summed E-state index contributed by atoms with van der Waals surface area (Å²) in [6.07, 6.45) is 5.98. The lowest BCUT2D eigenvalue weighted by Gasteiger charge is -2.11. The molecule has 4 aromatic rings. The molecule has 1 aromatic carbocycles. The van der Waals surface area contributed by atoms with Gasteiger partial charge in [0.15, 0.2) is 0 Å². The molecule has 5 nitrogen and oxygen atoms in total. The molecule has 0 aliphatic carbocycles. The van der Waals surface area contributed by atoms with Crippen LogP contribution in [0.15, 0.2) is 78.0 Å². The van der Waals surface area contributed by atoms with Gasteiger partial charge in [-0.15, -0.1) is 0 Å². The SMILES string of the molecule is COc1cccc(CCn2ccc3cccc(-c4ccncc4)c3c2=O)n1. The van der Waals surface area contributed by atoms with Gasteiger partial charge in [-0.3, -0.25) is 9.78 Å². The van der Waals surface area contributed by atoms with Crippen LogP contribution in [0.1, 0.15) is 5.69 Å². The van der Waals surface area contributed by atoms with Gasteiger partial charge in [0.2, 0.25) is 5.88 Å². The van der Waals surface area contributed by atoms with E-state index in [4.69, 9.17) is 4.74 Å². The normalized spacial score (nSPS) is 10.9. The third kappa shape index (κ3) is 3.44. The third-order valence-electron chi connectivity index (χ3n) is 4.60. The van der Waals surface area contributed by atoms with E-state index in [1.807, 2.05) is 60.8 Å². The average molecular weight is 357 g/mol. The summed E-state index contributed by atoms with van der Waals surface area (Å²) in [7, 11) is 1.60. The number of aryl methyl sites for hydroxylation is 2. The lowest BCUT2D eigenvalue weighted by molar-refractivity contribution is 0.396. The van der Waals surface area contributed by atoms with E-state index >= 15 is 0 Å². The summed E-state index contributed by atoms with van der Waals surface area (Å²) in [5.41, 5.74) is 2.81. The van der Waals surface area contributed by atoms with Crippen LogP contribution in [0.25, 0.3) is 21.9 Å². The van der Waals surface area contributed by atoms with Gasteiger partial charge < -0.3 is 9.30 Å². The molecule has 0 saturated carbocycles. The van der Waals surface area contributed by atoms with Gasteiger partial charge in [-0.1, -0.05) is 24.3 Å². The first-order chi connectivity index (χ1) is 13.3. The van der Waals surface area contributed by atoms with Crippen LogP contribution in [-0.2, 0) is 13.0 Å². The van der Waals surface area contributed by atoms with Gasteiger partial charge in [-0.2, -0.15) is 0 Å². The maximum atomic E-state index is 13.2. The van der Waals surface area contributed by atoms with Gasteiger partial charge in [-0.05, 0) is 40.8 Å². The molecule has 3 heterocycles. The highest BCUT2D eigenvalue weighted by Crippen LogP contribution is 2.25. The van der Waals surface area contributed by atoms with E-state index in [0.717, 1.165) is 27.6 Å². The summed E-state index contributed by atoms with van der Waals surface area (Å²) >= 11 is 0. The highest BCUT2D eigenvalue weighted by molar-refractivity contribution is 5.95. The van der Waals surface area contributed by atoms with Crippen molar-refractivity contribution in [3.63, 3.8) is 0 Å². The van der Waals surface area contributed by atoms with Crippen LogP contribution >= 0.6 is 0 Å². The molecule has 134 valence electrons. The van der Waals surface area contributed by atoms with Crippen molar-refractivity contribution in [2.24, 2.45) is 0 Å². The summed E-state index contributed by atoms with van der Waals surface area (Å²) in [5, 5.41) is 1.66. The Kier molecular flexibility index (Phi) is 4.66. The van der Waals surface area contributed by atoms with Crippen molar-refractivity contribution in [3.8, 4) is 17.0 Å². The first-order valence-corrected chi connectivity index (χ1v) is 8.79. The minimum Gasteiger partial charge on any atom is -0.481 e. The van der Waals surface area contributed by atoms with E-state index in [2.05, 4.69) is 9.97 Å². The summed E-state index contributed by atoms with van der Waals surface area (Å²) in [6, 6.07) is 17.4. The molecule has 0 saturated heterocycles. The molecule has 0 unspecified atom stereocenters. The minimum absolute atomic E-state index is 0.00260. The number of benzene rings is 1. The van der Waals surface area contributed by atoms with Crippen LogP contribution < -0.4 is 10.3 Å². The third-order valence-corrected chi connectivity index (χ3v) is 4.60. The molecule has 0 radical (unpaired) electrons. The van der Waals surface area contributed by atoms with Crippen molar-refractivity contribution in [2.45, 2.75) is 13.0 Å². The van der Waals surface area contributed by atoms with Gasteiger partial charge in [0.05, 0.1) is 12.5 Å². The fourth-order valence-corrected chi connectivity index (χ4v) is 3.22. The Morgan fingerprint density at radius 1 is 1.00 bits per heavy atom. The fraction of sp³-hybridized carbons (Fsp3) is 0.136. The molecule has 5 heteroatoms. The molecule has 0 spiro atoms. The van der Waals surface area contributed by atoms with Crippen molar-refractivity contribution in [1.82, 2.24) is 14.5 Å². The monoisotopic (exact) mass is 357 g/mol. The van der Waals surface area contributed by atoms with Crippen molar-refractivity contribution in [2.75, 3.05) is 7.11 Å². The molecule has 0 aliphatic rings. The molecule has 3 aromatic heterocycles. The molecule has 0 aliphatic heterocycles. The van der Waals surface area contributed by atoms with E-state index < -0.39 is 0 Å². The zero-order valence-corrected chi connectivity index (χ0v) is 15.0. The number of nitrogens with zero attached hydrogens (tertiary/aromatic N) is 3. The second-order valence-corrected chi connectivity index (χ2v) is 6.24. The summed E-state index contributed by atoms with van der Waals surface area (Å²) in [5.74, 6) is 0.582. The van der Waals surface area contributed by atoms with E-state index in [9.17, 15) is 4.79 Å². The number of rotatable bonds is 5. The molecule has 0 N–H and O–H groups in total. The summed E-state index contributed by atoms with van der Waals surface area (Å²) < 4.78 is 6.91. The van der Waals surface area contributed by atoms with E-state index in [1.165, 1.54) is 0 Å². The Hall–Kier alpha value is -3.47. The summed E-state index contributed by atoms with van der Waals surface area (Å²) in [4.78, 5) is 21.7. The maximum absolute atomic E-state index is 13.2. The lowest BCUT2D eigenvalue weighted by atomic mass is 10.0. The Labute approximate surface area is 156 Å². The molecule has 4 rings (SSSR count). The lowest BCUT2D eigenvalue weighted by Crippen LogP contribution is -2.21. The van der Waals surface area contributed by atoms with Crippen molar-refractivity contribution >= 4 is 10.8 Å². The largest absolute Gasteiger partial charge is 0.481 e. The molecule has 0 amide bonds. The molecular weight excluding hydrogens is 338 g/mol. The molecule has 27 heavy (non-hydrogen) atoms. The Morgan fingerprint density at radius 2 is 1.81 bits per heavy atom. The topological polar surface area (TPSA) is 57.0 Å². The van der Waals surface area contributed by atoms with Crippen molar-refractivity contribution in [1.29, 1.82) is 0 Å². The maximum Gasteiger partial charge on any atom is 0.259 e. The van der Waals surface area contributed by atoms with E-state index in [-0.39, 0.29) is 5.56 Å². The number of ether oxygens (including phenoxy) is 1. The first-order valence-electron chi connectivity index (χ1n) is 8.79. The summed E-state index contributed by atoms with van der Waals surface area (Å²) in [6.45, 7) is 0.555. The van der Waals surface area contributed by atoms with Crippen LogP contribution in [0, 0.1) is 0 Å². The van der Waals surface area contributed by atoms with E-state index in [0.29, 0.717) is 18.8 Å². The van der Waals surface area contributed by atoms with Gasteiger partial charge >= 0.3 is 0 Å². The van der Waals surface area contributed by atoms with Crippen LogP contribution in [-0.4, -0.2) is 21.6 Å². The number of hydrogen-bond donors (Lipinski definition) is 0. The molecule has 0 fully saturated rings. The Bertz CT molecular complexity index is 1140. The zero-order chi connectivity index (χ0) is 18.6. The predicted octanol–water partition coefficient (Wildman–Crippen LogP) is 3.71. The highest BCUT2D eigenvalue weighted by atomic mass is 16.5. The smallest absolute Gasteiger partial charge is 0.259 e. The zero-order valence-electron chi connectivity index (χ0n) is 15.0. The van der Waals surface area contributed by atoms with E-state index in [1.54, 1.807) is 24.1 Å². The Morgan fingerprint density at radius 3 is 2.63 bits per heavy atom. The van der Waals surface area contributed by atoms with Crippen LogP contribution in [0.2, 0.25) is 0 Å². The number of fused-ring (bicyclic) bond motifs is 1. The molecule has 0 bridgehead atoms. The van der Waals surface area contributed by atoms with Gasteiger partial charge in [-0.25, -0.2) is 4.98 Å². The van der Waals surface area contributed by atoms with Gasteiger partial charge in [0.25, 0.3) is 5.56 Å². The second kappa shape index (κ2) is 7.41. The number of aromatic nitrogens is 3. The van der Waals surface area contributed by atoms with Gasteiger partial charge in [0.1, 0.15) is 0 Å². The van der Waals surface area contributed by atoms with Crippen LogP contribution in [0.4, 0.5) is 0 Å². The number of methoxy groups -OCH3 is 1. The fourth-order valence-electron chi connectivity index (χ4n) is 3.22. The van der Waals surface area contributed by atoms with Gasteiger partial charge in [0, 0.05) is 43.3 Å². The van der Waals surface area contributed by atoms with Crippen molar-refractivity contribution < 1.29 is 4.74 Å². The first kappa shape index (κ1) is 17.0. The average Bonchev–Trinajstić information content (AvgIpc) is 2.73. The number of hydrogen-bond acceptors (Lipinski definition) is 4. The van der Waals surface area contributed by atoms with Crippen LogP contribution in [0.5, 0.6) is 5.88 Å². The predicted molar refractivity (Wildman–Crippen MR) is 106 cm³/mol. The van der Waals surface area contributed by atoms with Crippen molar-refractivity contribution in [3.05, 3.63) is 89.2 Å².